The molecular formula is C22H24N4O2S3. The summed E-state index contributed by atoms with van der Waals surface area (Å²) in [7, 11) is 6.99. The summed E-state index contributed by atoms with van der Waals surface area (Å²) >= 11 is 4.16. The molecule has 0 saturated heterocycles. The number of benzene rings is 2. The average Bonchev–Trinajstić information content (AvgIpc) is 3.23. The van der Waals surface area contributed by atoms with Crippen LogP contribution in [0.1, 0.15) is 21.6 Å². The minimum absolute atomic E-state index is 0.00875. The van der Waals surface area contributed by atoms with E-state index in [1.165, 1.54) is 34.9 Å². The summed E-state index contributed by atoms with van der Waals surface area (Å²) in [5, 5.41) is 7.76. The molecule has 0 saturated carbocycles. The smallest absolute Gasteiger partial charge is 0.240 e. The topological polar surface area (TPSA) is 66.4 Å². The summed E-state index contributed by atoms with van der Waals surface area (Å²) in [5.74, 6) is -0.0175. The Morgan fingerprint density at radius 2 is 1.06 bits per heavy atom. The van der Waals surface area contributed by atoms with Gasteiger partial charge in [-0.05, 0) is 11.1 Å². The molecule has 0 bridgehead atoms. The van der Waals surface area contributed by atoms with E-state index in [0.29, 0.717) is 8.68 Å². The van der Waals surface area contributed by atoms with Gasteiger partial charge in [0, 0.05) is 28.2 Å². The molecule has 0 aliphatic carbocycles. The van der Waals surface area contributed by atoms with Gasteiger partial charge in [0.05, 0.1) is 0 Å². The van der Waals surface area contributed by atoms with E-state index in [0.717, 1.165) is 11.1 Å². The minimum atomic E-state index is -0.407. The van der Waals surface area contributed by atoms with Crippen molar-refractivity contribution in [2.45, 2.75) is 19.2 Å². The molecule has 1 aromatic heterocycles. The Morgan fingerprint density at radius 3 is 1.39 bits per heavy atom. The fourth-order valence-corrected chi connectivity index (χ4v) is 6.44. The predicted molar refractivity (Wildman–Crippen MR) is 127 cm³/mol. The number of likely N-dealkylation sites (N-methyl/N-ethyl adjacent to an activating group) is 2. The second-order valence-corrected chi connectivity index (χ2v) is 10.8. The van der Waals surface area contributed by atoms with Crippen LogP contribution < -0.4 is 0 Å². The van der Waals surface area contributed by atoms with E-state index in [2.05, 4.69) is 10.2 Å². The fourth-order valence-electron chi connectivity index (χ4n) is 2.74. The maximum atomic E-state index is 12.8. The molecule has 0 fully saturated rings. The van der Waals surface area contributed by atoms with Gasteiger partial charge in [0.25, 0.3) is 0 Å². The minimum Gasteiger partial charge on any atom is -0.348 e. The third-order valence-corrected chi connectivity index (χ3v) is 7.94. The van der Waals surface area contributed by atoms with Crippen LogP contribution in [-0.4, -0.2) is 60.0 Å². The molecule has 9 heteroatoms. The zero-order chi connectivity index (χ0) is 22.4. The highest BCUT2D eigenvalue weighted by Crippen LogP contribution is 2.43. The van der Waals surface area contributed by atoms with Gasteiger partial charge < -0.3 is 9.80 Å². The molecule has 3 aromatic rings. The molecule has 0 unspecified atom stereocenters. The van der Waals surface area contributed by atoms with Gasteiger partial charge in [0.2, 0.25) is 11.8 Å². The molecule has 31 heavy (non-hydrogen) atoms. The Bertz CT molecular complexity index is 930. The monoisotopic (exact) mass is 472 g/mol. The lowest BCUT2D eigenvalue weighted by Crippen LogP contribution is -2.26. The van der Waals surface area contributed by atoms with E-state index >= 15 is 0 Å². The molecule has 0 spiro atoms. The Hall–Kier alpha value is -2.36. The van der Waals surface area contributed by atoms with Gasteiger partial charge in [-0.1, -0.05) is 95.5 Å². The first-order valence-electron chi connectivity index (χ1n) is 9.56. The number of nitrogens with zero attached hydrogens (tertiary/aromatic N) is 4. The molecule has 0 N–H and O–H groups in total. The van der Waals surface area contributed by atoms with Gasteiger partial charge in [0.15, 0.2) is 8.68 Å². The van der Waals surface area contributed by atoms with Gasteiger partial charge in [-0.2, -0.15) is 0 Å². The van der Waals surface area contributed by atoms with E-state index < -0.39 is 10.5 Å². The van der Waals surface area contributed by atoms with Gasteiger partial charge in [-0.25, -0.2) is 0 Å². The van der Waals surface area contributed by atoms with Gasteiger partial charge >= 0.3 is 0 Å². The summed E-state index contributed by atoms with van der Waals surface area (Å²) in [6.45, 7) is 0. The lowest BCUT2D eigenvalue weighted by molar-refractivity contribution is -0.129. The van der Waals surface area contributed by atoms with Gasteiger partial charge in [-0.3, -0.25) is 9.59 Å². The molecule has 162 valence electrons. The number of rotatable bonds is 8. The zero-order valence-corrected chi connectivity index (χ0v) is 20.2. The number of aromatic nitrogens is 2. The van der Waals surface area contributed by atoms with Crippen molar-refractivity contribution in [2.24, 2.45) is 0 Å². The Balaban J connectivity index is 1.82. The molecular weight excluding hydrogens is 448 g/mol. The summed E-state index contributed by atoms with van der Waals surface area (Å²) in [6, 6.07) is 19.3. The van der Waals surface area contributed by atoms with Crippen LogP contribution in [0.3, 0.4) is 0 Å². The SMILES string of the molecule is CN(C)C(=O)[C@@H](Sc1nnc(S[C@@H](C(=O)N(C)C)c2ccccc2)s1)c1ccccc1. The van der Waals surface area contributed by atoms with Crippen LogP contribution >= 0.6 is 34.9 Å². The summed E-state index contributed by atoms with van der Waals surface area (Å²) in [5.41, 5.74) is 1.83. The third kappa shape index (κ3) is 6.09. The van der Waals surface area contributed by atoms with Crippen molar-refractivity contribution >= 4 is 46.7 Å². The third-order valence-electron chi connectivity index (χ3n) is 4.36. The van der Waals surface area contributed by atoms with Crippen LogP contribution in [0.15, 0.2) is 69.3 Å². The first kappa shape index (κ1) is 23.3. The van der Waals surface area contributed by atoms with E-state index in [1.807, 2.05) is 60.7 Å². The van der Waals surface area contributed by atoms with Crippen LogP contribution in [0.5, 0.6) is 0 Å². The highest BCUT2D eigenvalue weighted by Gasteiger charge is 2.28. The molecule has 6 nitrogen and oxygen atoms in total. The van der Waals surface area contributed by atoms with Crippen LogP contribution in [-0.2, 0) is 9.59 Å². The highest BCUT2D eigenvalue weighted by atomic mass is 32.2. The summed E-state index contributed by atoms with van der Waals surface area (Å²) < 4.78 is 1.38. The number of amides is 2. The van der Waals surface area contributed by atoms with E-state index in [9.17, 15) is 9.59 Å². The summed E-state index contributed by atoms with van der Waals surface area (Å²) in [4.78, 5) is 28.7. The standard InChI is InChI=1S/C22H24N4O2S3/c1-25(2)19(27)17(15-11-7-5-8-12-15)29-21-23-24-22(31-21)30-18(20(28)26(3)4)16-13-9-6-10-14-16/h5-14,17-18H,1-4H3/t17-,18+. The van der Waals surface area contributed by atoms with Crippen molar-refractivity contribution in [1.82, 2.24) is 20.0 Å². The van der Waals surface area contributed by atoms with Crippen molar-refractivity contribution in [1.29, 1.82) is 0 Å². The average molecular weight is 473 g/mol. The fraction of sp³-hybridized carbons (Fsp3) is 0.273. The maximum absolute atomic E-state index is 12.8. The molecule has 2 atom stereocenters. The van der Waals surface area contributed by atoms with Crippen LogP contribution in [0.25, 0.3) is 0 Å². The van der Waals surface area contributed by atoms with Gasteiger partial charge in [-0.15, -0.1) is 10.2 Å². The van der Waals surface area contributed by atoms with E-state index in [4.69, 9.17) is 0 Å². The van der Waals surface area contributed by atoms with Gasteiger partial charge in [0.1, 0.15) is 10.5 Å². The maximum Gasteiger partial charge on any atom is 0.240 e. The Labute approximate surface area is 195 Å². The number of carbonyl (C=O) groups excluding carboxylic acids is 2. The van der Waals surface area contributed by atoms with Crippen molar-refractivity contribution in [2.75, 3.05) is 28.2 Å². The number of hydrogen-bond acceptors (Lipinski definition) is 7. The van der Waals surface area contributed by atoms with Crippen molar-refractivity contribution in [3.8, 4) is 0 Å². The number of thioether (sulfide) groups is 2. The molecule has 2 amide bonds. The number of carbonyl (C=O) groups is 2. The van der Waals surface area contributed by atoms with Crippen LogP contribution in [0.2, 0.25) is 0 Å². The highest BCUT2D eigenvalue weighted by molar-refractivity contribution is 8.04. The second-order valence-electron chi connectivity index (χ2n) is 7.12. The van der Waals surface area contributed by atoms with Crippen molar-refractivity contribution in [3.05, 3.63) is 71.8 Å². The Kier molecular flexibility index (Phi) is 8.11. The van der Waals surface area contributed by atoms with Crippen molar-refractivity contribution < 1.29 is 9.59 Å². The lowest BCUT2D eigenvalue weighted by Gasteiger charge is -2.19. The van der Waals surface area contributed by atoms with Crippen LogP contribution in [0, 0.1) is 0 Å². The molecule has 0 radical (unpaired) electrons. The zero-order valence-electron chi connectivity index (χ0n) is 17.8. The van der Waals surface area contributed by atoms with E-state index in [1.54, 1.807) is 38.0 Å². The van der Waals surface area contributed by atoms with Crippen LogP contribution in [0.4, 0.5) is 0 Å². The summed E-state index contributed by atoms with van der Waals surface area (Å²) in [6.07, 6.45) is 0. The second kappa shape index (κ2) is 10.8. The largest absolute Gasteiger partial charge is 0.348 e. The van der Waals surface area contributed by atoms with E-state index in [-0.39, 0.29) is 11.8 Å². The lowest BCUT2D eigenvalue weighted by atomic mass is 10.1. The molecule has 0 aliphatic heterocycles. The molecule has 2 aromatic carbocycles. The quantitative estimate of drug-likeness (QED) is 0.453. The first-order chi connectivity index (χ1) is 14.9. The molecule has 3 rings (SSSR count). The normalized spacial score (nSPS) is 12.8. The Morgan fingerprint density at radius 1 is 0.710 bits per heavy atom. The van der Waals surface area contributed by atoms with Crippen molar-refractivity contribution in [3.63, 3.8) is 0 Å². The first-order valence-corrected chi connectivity index (χ1v) is 12.1. The predicted octanol–water partition coefficient (Wildman–Crippen LogP) is 4.38. The molecule has 0 aliphatic rings. The molecule has 1 heterocycles. The number of hydrogen-bond donors (Lipinski definition) is 0.